The van der Waals surface area contributed by atoms with Gasteiger partial charge in [0.05, 0.1) is 0 Å². The lowest BCUT2D eigenvalue weighted by molar-refractivity contribution is 0.618. The van der Waals surface area contributed by atoms with Crippen LogP contribution in [0.2, 0.25) is 0 Å². The Morgan fingerprint density at radius 2 is 1.38 bits per heavy atom. The van der Waals surface area contributed by atoms with E-state index in [1.165, 1.54) is 19.3 Å². The molecule has 0 aromatic heterocycles. The summed E-state index contributed by atoms with van der Waals surface area (Å²) in [7, 11) is 0. The molecule has 0 aromatic rings. The molecule has 0 radical (unpaired) electrons. The molecule has 0 amide bonds. The molecule has 2 aliphatic rings. The molecule has 74 valence electrons. The molecule has 0 heterocycles. The van der Waals surface area contributed by atoms with E-state index in [4.69, 9.17) is 0 Å². The minimum Gasteiger partial charge on any atom is -0.103 e. The fourth-order valence-corrected chi connectivity index (χ4v) is 2.25. The van der Waals surface area contributed by atoms with Crippen LogP contribution < -0.4 is 0 Å². The molecule has 1 fully saturated rings. The summed E-state index contributed by atoms with van der Waals surface area (Å²) in [5.41, 5.74) is 0. The zero-order valence-electron chi connectivity index (χ0n) is 9.27. The highest BCUT2D eigenvalue weighted by molar-refractivity contribution is 5.06. The van der Waals surface area contributed by atoms with Gasteiger partial charge in [-0.1, -0.05) is 27.2 Å². The highest BCUT2D eigenvalue weighted by Crippen LogP contribution is 2.51. The smallest absolute Gasteiger partial charge is 0.00915 e. The first-order valence-electron chi connectivity index (χ1n) is 5.77. The largest absolute Gasteiger partial charge is 0.103 e. The molecule has 1 unspecified atom stereocenters. The van der Waals surface area contributed by atoms with Crippen LogP contribution in [0.25, 0.3) is 0 Å². The molecule has 0 spiro atoms. The lowest BCUT2D eigenvalue weighted by atomic mass is 10.1. The van der Waals surface area contributed by atoms with Crippen LogP contribution in [0.4, 0.5) is 0 Å². The van der Waals surface area contributed by atoms with Gasteiger partial charge >= 0.3 is 0 Å². The molecule has 0 N–H and O–H groups in total. The average Bonchev–Trinajstić information content (AvgIpc) is 2.59. The monoisotopic (exact) mass is 178 g/mol. The molecule has 13 heavy (non-hydrogen) atoms. The van der Waals surface area contributed by atoms with Crippen LogP contribution in [0, 0.1) is 29.6 Å². The lowest BCUT2D eigenvalue weighted by Gasteiger charge is -1.96. The van der Waals surface area contributed by atoms with Crippen molar-refractivity contribution < 1.29 is 0 Å². The summed E-state index contributed by atoms with van der Waals surface area (Å²) in [6.07, 6.45) is 6.31. The van der Waals surface area contributed by atoms with Crippen molar-refractivity contribution in [3.63, 3.8) is 0 Å². The molecule has 0 bridgehead atoms. The molecule has 2 rings (SSSR count). The van der Waals surface area contributed by atoms with E-state index in [1.807, 2.05) is 0 Å². The first kappa shape index (κ1) is 10.6. The van der Waals surface area contributed by atoms with E-state index in [0.29, 0.717) is 0 Å². The molecule has 0 heteroatoms. The summed E-state index contributed by atoms with van der Waals surface area (Å²) in [5.74, 6) is 9.55. The SMILES string of the molecule is CC1[C@H]2CCC#CCC[C@@H]12.CCC. The fraction of sp³-hybridized carbons (Fsp3) is 0.846. The molecule has 0 aliphatic heterocycles. The van der Waals surface area contributed by atoms with Gasteiger partial charge in [0.1, 0.15) is 0 Å². The molecule has 1 saturated carbocycles. The van der Waals surface area contributed by atoms with Gasteiger partial charge < -0.3 is 0 Å². The lowest BCUT2D eigenvalue weighted by Crippen LogP contribution is -1.85. The predicted octanol–water partition coefficient (Wildman–Crippen LogP) is 3.86. The van der Waals surface area contributed by atoms with E-state index in [1.54, 1.807) is 0 Å². The van der Waals surface area contributed by atoms with Gasteiger partial charge in [-0.25, -0.2) is 0 Å². The van der Waals surface area contributed by atoms with Crippen molar-refractivity contribution in [1.29, 1.82) is 0 Å². The molecule has 3 atom stereocenters. The van der Waals surface area contributed by atoms with Crippen LogP contribution in [0.3, 0.4) is 0 Å². The minimum atomic E-state index is 1.02. The Labute approximate surface area is 83.1 Å². The second kappa shape index (κ2) is 5.32. The molecular weight excluding hydrogens is 156 g/mol. The topological polar surface area (TPSA) is 0 Å². The maximum absolute atomic E-state index is 3.21. The third-order valence-corrected chi connectivity index (χ3v) is 3.09. The average molecular weight is 178 g/mol. The predicted molar refractivity (Wildman–Crippen MR) is 58.4 cm³/mol. The number of fused-ring (bicyclic) bond motifs is 1. The van der Waals surface area contributed by atoms with Gasteiger partial charge in [-0.2, -0.15) is 0 Å². The standard InChI is InChI=1S/C10H14.C3H8/c1-8-9-6-4-2-3-5-7-10(8)9;1-3-2/h8-10H,4-7H2,1H3;3H2,1-2H3/t8?,9-,10+;. The summed E-state index contributed by atoms with van der Waals surface area (Å²) in [5, 5.41) is 0. The van der Waals surface area contributed by atoms with Crippen molar-refractivity contribution in [1.82, 2.24) is 0 Å². The Morgan fingerprint density at radius 3 is 1.77 bits per heavy atom. The first-order chi connectivity index (χ1) is 6.31. The van der Waals surface area contributed by atoms with Crippen molar-refractivity contribution in [2.45, 2.75) is 52.9 Å². The number of rotatable bonds is 0. The van der Waals surface area contributed by atoms with Crippen molar-refractivity contribution in [3.8, 4) is 11.8 Å². The normalized spacial score (nSPS) is 35.2. The summed E-state index contributed by atoms with van der Waals surface area (Å²) in [4.78, 5) is 0. The highest BCUT2D eigenvalue weighted by atomic mass is 14.5. The minimum absolute atomic E-state index is 1.02. The second-order valence-corrected chi connectivity index (χ2v) is 4.32. The van der Waals surface area contributed by atoms with Gasteiger partial charge in [0.2, 0.25) is 0 Å². The Kier molecular flexibility index (Phi) is 4.36. The Balaban J connectivity index is 0.000000251. The Bertz CT molecular complexity index is 176. The zero-order chi connectivity index (χ0) is 9.68. The first-order valence-corrected chi connectivity index (χ1v) is 5.77. The van der Waals surface area contributed by atoms with E-state index in [9.17, 15) is 0 Å². The van der Waals surface area contributed by atoms with Gasteiger partial charge in [-0.15, -0.1) is 11.8 Å². The van der Waals surface area contributed by atoms with Gasteiger partial charge in [-0.3, -0.25) is 0 Å². The third kappa shape index (κ3) is 3.07. The Hall–Kier alpha value is -0.440. The highest BCUT2D eigenvalue weighted by Gasteiger charge is 2.44. The van der Waals surface area contributed by atoms with Crippen LogP contribution in [0.5, 0.6) is 0 Å². The van der Waals surface area contributed by atoms with E-state index in [-0.39, 0.29) is 0 Å². The molecular formula is C13H22. The summed E-state index contributed by atoms with van der Waals surface area (Å²) in [6, 6.07) is 0. The number of hydrogen-bond acceptors (Lipinski definition) is 0. The second-order valence-electron chi connectivity index (χ2n) is 4.32. The van der Waals surface area contributed by atoms with Gasteiger partial charge in [0.25, 0.3) is 0 Å². The zero-order valence-corrected chi connectivity index (χ0v) is 9.27. The van der Waals surface area contributed by atoms with Gasteiger partial charge in [-0.05, 0) is 30.6 Å². The van der Waals surface area contributed by atoms with Crippen LogP contribution >= 0.6 is 0 Å². The third-order valence-electron chi connectivity index (χ3n) is 3.09. The van der Waals surface area contributed by atoms with Crippen LogP contribution in [0.1, 0.15) is 52.9 Å². The molecule has 0 aromatic carbocycles. The van der Waals surface area contributed by atoms with E-state index in [0.717, 1.165) is 30.6 Å². The van der Waals surface area contributed by atoms with Crippen molar-refractivity contribution in [3.05, 3.63) is 0 Å². The van der Waals surface area contributed by atoms with Crippen molar-refractivity contribution in [2.75, 3.05) is 0 Å². The van der Waals surface area contributed by atoms with E-state index < -0.39 is 0 Å². The maximum atomic E-state index is 3.21. The van der Waals surface area contributed by atoms with Crippen molar-refractivity contribution >= 4 is 0 Å². The summed E-state index contributed by atoms with van der Waals surface area (Å²) in [6.45, 7) is 6.64. The number of hydrogen-bond donors (Lipinski definition) is 0. The quantitative estimate of drug-likeness (QED) is 0.494. The summed E-state index contributed by atoms with van der Waals surface area (Å²) < 4.78 is 0. The van der Waals surface area contributed by atoms with E-state index >= 15 is 0 Å². The van der Waals surface area contributed by atoms with Crippen LogP contribution in [-0.2, 0) is 0 Å². The fourth-order valence-electron chi connectivity index (χ4n) is 2.25. The molecule has 2 aliphatic carbocycles. The molecule has 0 saturated heterocycles. The van der Waals surface area contributed by atoms with Gasteiger partial charge in [0, 0.05) is 12.8 Å². The molecule has 0 nitrogen and oxygen atoms in total. The van der Waals surface area contributed by atoms with Crippen molar-refractivity contribution in [2.24, 2.45) is 17.8 Å². The van der Waals surface area contributed by atoms with Gasteiger partial charge in [0.15, 0.2) is 0 Å². The maximum Gasteiger partial charge on any atom is 0.00915 e. The van der Waals surface area contributed by atoms with Crippen LogP contribution in [0.15, 0.2) is 0 Å². The van der Waals surface area contributed by atoms with E-state index in [2.05, 4.69) is 32.6 Å². The summed E-state index contributed by atoms with van der Waals surface area (Å²) >= 11 is 0. The van der Waals surface area contributed by atoms with Crippen LogP contribution in [-0.4, -0.2) is 0 Å². The Morgan fingerprint density at radius 1 is 1.00 bits per heavy atom.